The summed E-state index contributed by atoms with van der Waals surface area (Å²) in [6.45, 7) is 6.99. The molecule has 0 bridgehead atoms. The fourth-order valence-electron chi connectivity index (χ4n) is 2.05. The fourth-order valence-corrected chi connectivity index (χ4v) is 2.05. The van der Waals surface area contributed by atoms with Gasteiger partial charge >= 0.3 is 7.12 Å². The summed E-state index contributed by atoms with van der Waals surface area (Å²) >= 11 is 0. The van der Waals surface area contributed by atoms with Crippen LogP contribution < -0.4 is 5.46 Å². The average Bonchev–Trinajstić information content (AvgIpc) is 2.52. The maximum absolute atomic E-state index is 13.9. The Hall–Kier alpha value is -1.47. The first-order valence-corrected chi connectivity index (χ1v) is 6.00. The molecule has 1 aromatic carbocycles. The predicted molar refractivity (Wildman–Crippen MR) is 68.9 cm³/mol. The average molecular weight is 267 g/mol. The van der Waals surface area contributed by atoms with Crippen molar-refractivity contribution >= 4 is 18.3 Å². The first-order valence-electron chi connectivity index (χ1n) is 6.00. The molecule has 1 unspecified atom stereocenters. The molecule has 0 spiro atoms. The minimum absolute atomic E-state index is 0.103. The highest BCUT2D eigenvalue weighted by Gasteiger charge is 2.46. The molecule has 0 radical (unpaired) electrons. The van der Waals surface area contributed by atoms with Gasteiger partial charge < -0.3 is 9.31 Å². The summed E-state index contributed by atoms with van der Waals surface area (Å²) in [5.41, 5.74) is -0.360. The normalized spacial score (nSPS) is 21.7. The Balaban J connectivity index is 2.46. The first kappa shape index (κ1) is 14.0. The molecule has 19 heavy (non-hydrogen) atoms. The van der Waals surface area contributed by atoms with Gasteiger partial charge in [-0.1, -0.05) is 0 Å². The molecule has 5 nitrogen and oxygen atoms in total. The molecule has 0 aliphatic carbocycles. The van der Waals surface area contributed by atoms with Gasteiger partial charge in [0.15, 0.2) is 0 Å². The molecule has 1 aromatic rings. The Labute approximate surface area is 111 Å². The van der Waals surface area contributed by atoms with E-state index in [1.54, 1.807) is 0 Å². The zero-order chi connectivity index (χ0) is 14.4. The Morgan fingerprint density at radius 1 is 1.47 bits per heavy atom. The van der Waals surface area contributed by atoms with Gasteiger partial charge in [-0.2, -0.15) is 0 Å². The highest BCUT2D eigenvalue weighted by atomic mass is 19.1. The summed E-state index contributed by atoms with van der Waals surface area (Å²) in [6, 6.07) is 2.22. The van der Waals surface area contributed by atoms with E-state index < -0.39 is 23.5 Å². The van der Waals surface area contributed by atoms with E-state index in [1.807, 2.05) is 20.8 Å². The van der Waals surface area contributed by atoms with E-state index >= 15 is 0 Å². The second kappa shape index (κ2) is 4.57. The van der Waals surface area contributed by atoms with Crippen LogP contribution in [0.4, 0.5) is 10.1 Å². The minimum Gasteiger partial charge on any atom is -0.402 e. The van der Waals surface area contributed by atoms with Crippen LogP contribution in [-0.4, -0.2) is 23.7 Å². The van der Waals surface area contributed by atoms with Gasteiger partial charge in [0.05, 0.1) is 16.6 Å². The van der Waals surface area contributed by atoms with Crippen molar-refractivity contribution in [1.29, 1.82) is 0 Å². The Bertz CT molecular complexity index is 535. The van der Waals surface area contributed by atoms with Crippen LogP contribution in [0.15, 0.2) is 12.1 Å². The van der Waals surface area contributed by atoms with Crippen LogP contribution in [0.1, 0.15) is 26.3 Å². The summed E-state index contributed by atoms with van der Waals surface area (Å²) in [5, 5.41) is 10.9. The quantitative estimate of drug-likeness (QED) is 0.466. The molecule has 1 atom stereocenters. The molecule has 0 N–H and O–H groups in total. The van der Waals surface area contributed by atoms with E-state index in [2.05, 4.69) is 0 Å². The van der Waals surface area contributed by atoms with E-state index in [4.69, 9.17) is 9.31 Å². The Morgan fingerprint density at radius 3 is 2.58 bits per heavy atom. The van der Waals surface area contributed by atoms with Gasteiger partial charge in [-0.15, -0.1) is 0 Å². The molecule has 0 amide bonds. The first-order chi connectivity index (χ1) is 8.74. The van der Waals surface area contributed by atoms with Gasteiger partial charge in [0.2, 0.25) is 0 Å². The number of hydrogen-bond donors (Lipinski definition) is 0. The summed E-state index contributed by atoms with van der Waals surface area (Å²) in [7, 11) is -0.912. The highest BCUT2D eigenvalue weighted by Crippen LogP contribution is 2.28. The molecule has 1 heterocycles. The van der Waals surface area contributed by atoms with Crippen LogP contribution >= 0.6 is 0 Å². The lowest BCUT2D eigenvalue weighted by Crippen LogP contribution is -2.38. The van der Waals surface area contributed by atoms with Crippen LogP contribution in [0.5, 0.6) is 0 Å². The zero-order valence-corrected chi connectivity index (χ0v) is 11.3. The highest BCUT2D eigenvalue weighted by molar-refractivity contribution is 6.62. The van der Waals surface area contributed by atoms with Crippen molar-refractivity contribution < 1.29 is 18.6 Å². The smallest absolute Gasteiger partial charge is 0.402 e. The Morgan fingerprint density at radius 2 is 2.11 bits per heavy atom. The second-order valence-electron chi connectivity index (χ2n) is 5.19. The number of rotatable bonds is 2. The summed E-state index contributed by atoms with van der Waals surface area (Å²) in [6.07, 6.45) is -0.226. The van der Waals surface area contributed by atoms with Crippen molar-refractivity contribution in [2.24, 2.45) is 0 Å². The number of nitro groups is 1. The van der Waals surface area contributed by atoms with Gasteiger partial charge in [-0.25, -0.2) is 4.39 Å². The van der Waals surface area contributed by atoms with Gasteiger partial charge in [0.1, 0.15) is 5.82 Å². The maximum atomic E-state index is 13.9. The van der Waals surface area contributed by atoms with E-state index in [9.17, 15) is 14.5 Å². The van der Waals surface area contributed by atoms with E-state index in [1.165, 1.54) is 6.92 Å². The van der Waals surface area contributed by atoms with Crippen molar-refractivity contribution in [2.45, 2.75) is 39.4 Å². The molecule has 1 fully saturated rings. The second-order valence-corrected chi connectivity index (χ2v) is 5.19. The molecule has 0 saturated carbocycles. The summed E-state index contributed by atoms with van der Waals surface area (Å²) in [5.74, 6) is -0.557. The number of halogens is 1. The molecular formula is C12H15BFNO4. The van der Waals surface area contributed by atoms with Crippen LogP contribution in [0.2, 0.25) is 0 Å². The molecular weight excluding hydrogens is 252 g/mol. The molecule has 2 rings (SSSR count). The topological polar surface area (TPSA) is 61.6 Å². The van der Waals surface area contributed by atoms with Crippen molar-refractivity contribution in [1.82, 2.24) is 0 Å². The van der Waals surface area contributed by atoms with Gasteiger partial charge in [0.25, 0.3) is 5.69 Å². The van der Waals surface area contributed by atoms with Gasteiger partial charge in [-0.05, 0) is 33.8 Å². The van der Waals surface area contributed by atoms with Gasteiger partial charge in [0, 0.05) is 17.1 Å². The fraction of sp³-hybridized carbons (Fsp3) is 0.500. The van der Waals surface area contributed by atoms with Crippen LogP contribution in [0.3, 0.4) is 0 Å². The van der Waals surface area contributed by atoms with E-state index in [0.29, 0.717) is 0 Å². The number of nitro benzene ring substituents is 1. The number of nitrogens with zero attached hydrogens (tertiary/aromatic N) is 1. The standard InChI is InChI=1S/C12H15BFNO4/c1-7-10(15(16)17)6-5-9(14)11(7)13-18-8(2)12(3,4)19-13/h5-6,8H,1-4H3. The number of benzene rings is 1. The van der Waals surface area contributed by atoms with Crippen LogP contribution in [-0.2, 0) is 9.31 Å². The number of hydrogen-bond acceptors (Lipinski definition) is 4. The van der Waals surface area contributed by atoms with Gasteiger partial charge in [-0.3, -0.25) is 10.1 Å². The molecule has 0 aromatic heterocycles. The minimum atomic E-state index is -0.912. The van der Waals surface area contributed by atoms with Crippen LogP contribution in [0, 0.1) is 22.9 Å². The maximum Gasteiger partial charge on any atom is 0.498 e. The third kappa shape index (κ3) is 2.35. The molecule has 1 aliphatic rings. The largest absolute Gasteiger partial charge is 0.498 e. The molecule has 7 heteroatoms. The summed E-state index contributed by atoms with van der Waals surface area (Å²) < 4.78 is 25.2. The van der Waals surface area contributed by atoms with E-state index in [0.717, 1.165) is 12.1 Å². The van der Waals surface area contributed by atoms with E-state index in [-0.39, 0.29) is 22.8 Å². The summed E-state index contributed by atoms with van der Waals surface area (Å²) in [4.78, 5) is 10.4. The SMILES string of the molecule is Cc1c([N+](=O)[O-])ccc(F)c1B1OC(C)C(C)(C)O1. The third-order valence-electron chi connectivity index (χ3n) is 3.58. The third-order valence-corrected chi connectivity index (χ3v) is 3.58. The van der Waals surface area contributed by atoms with Crippen molar-refractivity contribution in [3.63, 3.8) is 0 Å². The van der Waals surface area contributed by atoms with Crippen LogP contribution in [0.25, 0.3) is 0 Å². The van der Waals surface area contributed by atoms with Crippen molar-refractivity contribution in [3.8, 4) is 0 Å². The molecule has 1 saturated heterocycles. The Kier molecular flexibility index (Phi) is 3.36. The zero-order valence-electron chi connectivity index (χ0n) is 11.3. The monoisotopic (exact) mass is 267 g/mol. The lowest BCUT2D eigenvalue weighted by Gasteiger charge is -2.21. The van der Waals surface area contributed by atoms with Crippen molar-refractivity contribution in [2.75, 3.05) is 0 Å². The van der Waals surface area contributed by atoms with Crippen molar-refractivity contribution in [3.05, 3.63) is 33.6 Å². The predicted octanol–water partition coefficient (Wildman–Crippen LogP) is 1.95. The lowest BCUT2D eigenvalue weighted by atomic mass is 9.75. The lowest BCUT2D eigenvalue weighted by molar-refractivity contribution is -0.385. The molecule has 1 aliphatic heterocycles. The molecule has 102 valence electrons.